The van der Waals surface area contributed by atoms with E-state index in [1.54, 1.807) is 6.20 Å². The predicted octanol–water partition coefficient (Wildman–Crippen LogP) is 4.28. The predicted molar refractivity (Wildman–Crippen MR) is 95.4 cm³/mol. The van der Waals surface area contributed by atoms with Crippen LogP contribution in [-0.2, 0) is 0 Å². The molecule has 3 aromatic rings. The first-order valence-electron chi connectivity index (χ1n) is 8.13. The Morgan fingerprint density at radius 1 is 1.04 bits per heavy atom. The van der Waals surface area contributed by atoms with Crippen LogP contribution in [0.5, 0.6) is 0 Å². The lowest BCUT2D eigenvalue weighted by atomic mass is 10.1. The zero-order chi connectivity index (χ0) is 15.6. The summed E-state index contributed by atoms with van der Waals surface area (Å²) >= 11 is 0. The first kappa shape index (κ1) is 14.0. The maximum atomic E-state index is 4.73. The minimum absolute atomic E-state index is 0.985. The van der Waals surface area contributed by atoms with Crippen molar-refractivity contribution in [2.75, 3.05) is 23.3 Å². The number of benzene rings is 1. The number of hydrogen-bond donors (Lipinski definition) is 1. The average molecular weight is 304 g/mol. The Balaban J connectivity index is 1.74. The molecule has 4 heteroatoms. The lowest BCUT2D eigenvalue weighted by Gasteiger charge is -2.20. The smallest absolute Gasteiger partial charge is 0.0746 e. The van der Waals surface area contributed by atoms with Gasteiger partial charge in [0.2, 0.25) is 0 Å². The monoisotopic (exact) mass is 304 g/mol. The molecule has 1 fully saturated rings. The number of aromatic nitrogens is 2. The van der Waals surface area contributed by atoms with Gasteiger partial charge in [0.1, 0.15) is 0 Å². The lowest BCUT2D eigenvalue weighted by molar-refractivity contribution is 0.949. The van der Waals surface area contributed by atoms with Gasteiger partial charge in [-0.05, 0) is 56.2 Å². The molecular formula is C19H20N4. The first-order chi connectivity index (χ1) is 11.3. The fraction of sp³-hybridized carbons (Fsp3) is 0.263. The van der Waals surface area contributed by atoms with E-state index < -0.39 is 0 Å². The van der Waals surface area contributed by atoms with E-state index >= 15 is 0 Å². The van der Waals surface area contributed by atoms with Crippen LogP contribution in [0.25, 0.3) is 10.9 Å². The van der Waals surface area contributed by atoms with Crippen LogP contribution in [0.1, 0.15) is 18.5 Å². The first-order valence-corrected chi connectivity index (χ1v) is 8.13. The summed E-state index contributed by atoms with van der Waals surface area (Å²) in [6, 6.07) is 12.6. The van der Waals surface area contributed by atoms with Crippen molar-refractivity contribution >= 4 is 28.0 Å². The number of anilines is 3. The van der Waals surface area contributed by atoms with Crippen LogP contribution in [0.15, 0.2) is 48.8 Å². The number of hydrogen-bond acceptors (Lipinski definition) is 4. The number of rotatable bonds is 3. The van der Waals surface area contributed by atoms with Crippen molar-refractivity contribution in [2.24, 2.45) is 0 Å². The molecule has 23 heavy (non-hydrogen) atoms. The summed E-state index contributed by atoms with van der Waals surface area (Å²) in [5.74, 6) is 0. The molecule has 1 N–H and O–H groups in total. The maximum Gasteiger partial charge on any atom is 0.0746 e. The summed E-state index contributed by atoms with van der Waals surface area (Å²) in [4.78, 5) is 11.3. The van der Waals surface area contributed by atoms with Gasteiger partial charge in [-0.1, -0.05) is 0 Å². The van der Waals surface area contributed by atoms with Crippen LogP contribution in [0.3, 0.4) is 0 Å². The Hall–Kier alpha value is -2.62. The third-order valence-electron chi connectivity index (χ3n) is 4.31. The summed E-state index contributed by atoms with van der Waals surface area (Å²) in [5, 5.41) is 4.62. The highest BCUT2D eigenvalue weighted by Gasteiger charge is 2.16. The zero-order valence-electron chi connectivity index (χ0n) is 13.3. The molecule has 4 rings (SSSR count). The summed E-state index contributed by atoms with van der Waals surface area (Å²) in [6.07, 6.45) is 6.16. The van der Waals surface area contributed by atoms with Gasteiger partial charge >= 0.3 is 0 Å². The molecular weight excluding hydrogens is 284 g/mol. The van der Waals surface area contributed by atoms with Crippen molar-refractivity contribution in [1.29, 1.82) is 0 Å². The second-order valence-corrected chi connectivity index (χ2v) is 6.08. The second-order valence-electron chi connectivity index (χ2n) is 6.08. The molecule has 2 aromatic heterocycles. The minimum Gasteiger partial charge on any atom is -0.371 e. The number of aryl methyl sites for hydroxylation is 1. The topological polar surface area (TPSA) is 41.0 Å². The molecule has 0 aliphatic carbocycles. The number of fused-ring (bicyclic) bond motifs is 1. The molecule has 0 saturated carbocycles. The van der Waals surface area contributed by atoms with Crippen molar-refractivity contribution in [2.45, 2.75) is 19.8 Å². The van der Waals surface area contributed by atoms with E-state index in [1.807, 2.05) is 18.3 Å². The van der Waals surface area contributed by atoms with Gasteiger partial charge in [0.05, 0.1) is 17.4 Å². The largest absolute Gasteiger partial charge is 0.371 e. The molecule has 0 spiro atoms. The van der Waals surface area contributed by atoms with Gasteiger partial charge in [-0.3, -0.25) is 9.97 Å². The fourth-order valence-corrected chi connectivity index (χ4v) is 3.24. The lowest BCUT2D eigenvalue weighted by Crippen LogP contribution is -2.18. The van der Waals surface area contributed by atoms with Gasteiger partial charge in [-0.15, -0.1) is 0 Å². The highest BCUT2D eigenvalue weighted by molar-refractivity contribution is 5.94. The van der Waals surface area contributed by atoms with E-state index in [9.17, 15) is 0 Å². The Morgan fingerprint density at radius 3 is 2.70 bits per heavy atom. The van der Waals surface area contributed by atoms with Crippen LogP contribution < -0.4 is 10.2 Å². The Morgan fingerprint density at radius 2 is 1.91 bits per heavy atom. The molecule has 1 aromatic carbocycles. The fourth-order valence-electron chi connectivity index (χ4n) is 3.24. The van der Waals surface area contributed by atoms with Crippen LogP contribution in [-0.4, -0.2) is 23.1 Å². The molecule has 3 heterocycles. The average Bonchev–Trinajstić information content (AvgIpc) is 3.09. The number of pyridine rings is 2. The second kappa shape index (κ2) is 5.88. The van der Waals surface area contributed by atoms with E-state index in [4.69, 9.17) is 4.98 Å². The third-order valence-corrected chi connectivity index (χ3v) is 4.31. The van der Waals surface area contributed by atoms with Crippen molar-refractivity contribution in [1.82, 2.24) is 9.97 Å². The summed E-state index contributed by atoms with van der Waals surface area (Å²) < 4.78 is 0. The molecule has 0 amide bonds. The summed E-state index contributed by atoms with van der Waals surface area (Å²) in [7, 11) is 0. The molecule has 116 valence electrons. The Kier molecular flexibility index (Phi) is 3.58. The number of nitrogens with zero attached hydrogens (tertiary/aromatic N) is 3. The van der Waals surface area contributed by atoms with E-state index in [0.29, 0.717) is 0 Å². The minimum atomic E-state index is 0.985. The van der Waals surface area contributed by atoms with Crippen LogP contribution in [0.4, 0.5) is 17.1 Å². The van der Waals surface area contributed by atoms with Gasteiger partial charge in [0.15, 0.2) is 0 Å². The Labute approximate surface area is 136 Å². The molecule has 0 radical (unpaired) electrons. The highest BCUT2D eigenvalue weighted by atomic mass is 15.1. The number of nitrogens with one attached hydrogen (secondary N) is 1. The van der Waals surface area contributed by atoms with Crippen LogP contribution >= 0.6 is 0 Å². The van der Waals surface area contributed by atoms with Crippen LogP contribution in [0, 0.1) is 6.92 Å². The van der Waals surface area contributed by atoms with Gasteiger partial charge < -0.3 is 10.2 Å². The van der Waals surface area contributed by atoms with E-state index in [-0.39, 0.29) is 0 Å². The normalized spacial score (nSPS) is 14.4. The standard InChI is InChI=1S/C19H20N4/c1-14-11-19(23-9-2-3-10-23)17-7-6-15(12-18(17)21-14)22-16-5-4-8-20-13-16/h4-8,11-13,22H,2-3,9-10H2,1H3. The van der Waals surface area contributed by atoms with E-state index in [0.717, 1.165) is 35.7 Å². The summed E-state index contributed by atoms with van der Waals surface area (Å²) in [6.45, 7) is 4.36. The van der Waals surface area contributed by atoms with E-state index in [1.165, 1.54) is 23.9 Å². The van der Waals surface area contributed by atoms with Gasteiger partial charge in [0.25, 0.3) is 0 Å². The van der Waals surface area contributed by atoms with Crippen molar-refractivity contribution in [3.63, 3.8) is 0 Å². The Bertz CT molecular complexity index is 823. The molecule has 1 aliphatic heterocycles. The van der Waals surface area contributed by atoms with Gasteiger partial charge in [-0.25, -0.2) is 0 Å². The maximum absolute atomic E-state index is 4.73. The highest BCUT2D eigenvalue weighted by Crippen LogP contribution is 2.31. The van der Waals surface area contributed by atoms with Gasteiger partial charge in [-0.2, -0.15) is 0 Å². The third kappa shape index (κ3) is 2.84. The van der Waals surface area contributed by atoms with Crippen molar-refractivity contribution in [3.8, 4) is 0 Å². The van der Waals surface area contributed by atoms with Crippen molar-refractivity contribution in [3.05, 3.63) is 54.5 Å². The SMILES string of the molecule is Cc1cc(N2CCCC2)c2ccc(Nc3cccnc3)cc2n1. The molecule has 0 atom stereocenters. The van der Waals surface area contributed by atoms with Crippen LogP contribution in [0.2, 0.25) is 0 Å². The quantitative estimate of drug-likeness (QED) is 0.784. The molecule has 0 bridgehead atoms. The zero-order valence-corrected chi connectivity index (χ0v) is 13.3. The molecule has 1 saturated heterocycles. The van der Waals surface area contributed by atoms with E-state index in [2.05, 4.69) is 46.4 Å². The summed E-state index contributed by atoms with van der Waals surface area (Å²) in [5.41, 5.74) is 5.45. The molecule has 0 unspecified atom stereocenters. The molecule has 1 aliphatic rings. The molecule has 4 nitrogen and oxygen atoms in total. The van der Waals surface area contributed by atoms with Gasteiger partial charge in [0, 0.05) is 41.7 Å². The van der Waals surface area contributed by atoms with Crippen molar-refractivity contribution < 1.29 is 0 Å².